The molecule has 0 radical (unpaired) electrons. The van der Waals surface area contributed by atoms with E-state index >= 15 is 0 Å². The third-order valence-electron chi connectivity index (χ3n) is 3.89. The van der Waals surface area contributed by atoms with Crippen molar-refractivity contribution in [2.75, 3.05) is 5.32 Å². The SMILES string of the molecule is Cc1ccc([N+](=O)[O-])cc1NC(=O)/C=C/c1ccc(C(C)(C)C)cc1. The first-order valence-corrected chi connectivity index (χ1v) is 8.01. The minimum atomic E-state index is -0.484. The van der Waals surface area contributed by atoms with Gasteiger partial charge in [0.1, 0.15) is 0 Å². The van der Waals surface area contributed by atoms with E-state index in [1.165, 1.54) is 23.8 Å². The average Bonchev–Trinajstić information content (AvgIpc) is 2.54. The normalized spacial score (nSPS) is 11.5. The molecule has 0 bridgehead atoms. The largest absolute Gasteiger partial charge is 0.322 e. The molecule has 2 aromatic carbocycles. The van der Waals surface area contributed by atoms with E-state index in [1.54, 1.807) is 19.1 Å². The van der Waals surface area contributed by atoms with Crippen molar-refractivity contribution >= 4 is 23.4 Å². The van der Waals surface area contributed by atoms with Gasteiger partial charge in [0.05, 0.1) is 10.6 Å². The number of nitro groups is 1. The van der Waals surface area contributed by atoms with Crippen molar-refractivity contribution in [1.82, 2.24) is 0 Å². The van der Waals surface area contributed by atoms with Crippen LogP contribution in [-0.2, 0) is 10.2 Å². The second-order valence-electron chi connectivity index (χ2n) is 6.95. The summed E-state index contributed by atoms with van der Waals surface area (Å²) in [6, 6.07) is 12.4. The molecule has 25 heavy (non-hydrogen) atoms. The summed E-state index contributed by atoms with van der Waals surface area (Å²) < 4.78 is 0. The van der Waals surface area contributed by atoms with Crippen LogP contribution < -0.4 is 5.32 Å². The molecule has 0 saturated heterocycles. The summed E-state index contributed by atoms with van der Waals surface area (Å²) in [4.78, 5) is 22.4. The fourth-order valence-corrected chi connectivity index (χ4v) is 2.30. The molecular formula is C20H22N2O3. The molecular weight excluding hydrogens is 316 g/mol. The smallest absolute Gasteiger partial charge is 0.271 e. The van der Waals surface area contributed by atoms with Gasteiger partial charge in [-0.1, -0.05) is 51.1 Å². The van der Waals surface area contributed by atoms with Crippen molar-refractivity contribution in [3.63, 3.8) is 0 Å². The zero-order valence-electron chi connectivity index (χ0n) is 14.9. The van der Waals surface area contributed by atoms with E-state index < -0.39 is 4.92 Å². The number of aryl methyl sites for hydroxylation is 1. The summed E-state index contributed by atoms with van der Waals surface area (Å²) in [5, 5.41) is 13.5. The van der Waals surface area contributed by atoms with E-state index in [1.807, 2.05) is 24.3 Å². The fourth-order valence-electron chi connectivity index (χ4n) is 2.30. The van der Waals surface area contributed by atoms with Gasteiger partial charge in [-0.25, -0.2) is 0 Å². The van der Waals surface area contributed by atoms with Crippen LogP contribution in [0.5, 0.6) is 0 Å². The van der Waals surface area contributed by atoms with Gasteiger partial charge >= 0.3 is 0 Å². The van der Waals surface area contributed by atoms with Crippen LogP contribution in [0.1, 0.15) is 37.5 Å². The van der Waals surface area contributed by atoms with Crippen molar-refractivity contribution in [2.45, 2.75) is 33.1 Å². The number of benzene rings is 2. The van der Waals surface area contributed by atoms with Crippen LogP contribution in [0.25, 0.3) is 6.08 Å². The Kier molecular flexibility index (Phi) is 5.37. The molecule has 2 aromatic rings. The third kappa shape index (κ3) is 5.01. The van der Waals surface area contributed by atoms with Gasteiger partial charge in [0.2, 0.25) is 5.91 Å². The lowest BCUT2D eigenvalue weighted by Gasteiger charge is -2.18. The molecule has 130 valence electrons. The van der Waals surface area contributed by atoms with Crippen LogP contribution in [0.3, 0.4) is 0 Å². The summed E-state index contributed by atoms with van der Waals surface area (Å²) in [6.45, 7) is 8.22. The fraction of sp³-hybridized carbons (Fsp3) is 0.250. The van der Waals surface area contributed by atoms with Crippen molar-refractivity contribution in [2.24, 2.45) is 0 Å². The van der Waals surface area contributed by atoms with E-state index in [0.29, 0.717) is 5.69 Å². The molecule has 0 unspecified atom stereocenters. The molecule has 2 rings (SSSR count). The Hall–Kier alpha value is -2.95. The van der Waals surface area contributed by atoms with Gasteiger partial charge in [-0.15, -0.1) is 0 Å². The average molecular weight is 338 g/mol. The number of non-ortho nitro benzene ring substituents is 1. The number of hydrogen-bond acceptors (Lipinski definition) is 3. The van der Waals surface area contributed by atoms with E-state index in [-0.39, 0.29) is 17.0 Å². The Morgan fingerprint density at radius 2 is 1.76 bits per heavy atom. The van der Waals surface area contributed by atoms with Gasteiger partial charge in [0.15, 0.2) is 0 Å². The number of nitrogens with one attached hydrogen (secondary N) is 1. The highest BCUT2D eigenvalue weighted by Gasteiger charge is 2.12. The first kappa shape index (κ1) is 18.4. The van der Waals surface area contributed by atoms with Crippen LogP contribution in [0.4, 0.5) is 11.4 Å². The van der Waals surface area contributed by atoms with Gasteiger partial charge < -0.3 is 5.32 Å². The van der Waals surface area contributed by atoms with Crippen LogP contribution in [0.2, 0.25) is 0 Å². The zero-order valence-corrected chi connectivity index (χ0v) is 14.9. The summed E-state index contributed by atoms with van der Waals surface area (Å²) in [7, 11) is 0. The number of nitro benzene ring substituents is 1. The van der Waals surface area contributed by atoms with Gasteiger partial charge in [0, 0.05) is 18.2 Å². The number of anilines is 1. The maximum Gasteiger partial charge on any atom is 0.271 e. The molecule has 5 heteroatoms. The van der Waals surface area contributed by atoms with E-state index in [0.717, 1.165) is 11.1 Å². The van der Waals surface area contributed by atoms with Crippen molar-refractivity contribution in [3.05, 3.63) is 75.3 Å². The van der Waals surface area contributed by atoms with Gasteiger partial charge in [-0.3, -0.25) is 14.9 Å². The van der Waals surface area contributed by atoms with Crippen molar-refractivity contribution < 1.29 is 9.72 Å². The van der Waals surface area contributed by atoms with Crippen LogP contribution in [0.15, 0.2) is 48.5 Å². The molecule has 0 aliphatic heterocycles. The predicted octanol–water partition coefficient (Wildman–Crippen LogP) is 4.85. The first-order chi connectivity index (χ1) is 11.7. The lowest BCUT2D eigenvalue weighted by molar-refractivity contribution is -0.384. The Bertz CT molecular complexity index is 816. The lowest BCUT2D eigenvalue weighted by atomic mass is 9.87. The Morgan fingerprint density at radius 3 is 2.32 bits per heavy atom. The number of carbonyl (C=O) groups excluding carboxylic acids is 1. The molecule has 0 saturated carbocycles. The van der Waals surface area contributed by atoms with Gasteiger partial charge in [0.25, 0.3) is 5.69 Å². The standard InChI is InChI=1S/C20H22N2O3/c1-14-5-11-17(22(24)25)13-18(14)21-19(23)12-8-15-6-9-16(10-7-15)20(2,3)4/h5-13H,1-4H3,(H,21,23)/b12-8+. The lowest BCUT2D eigenvalue weighted by Crippen LogP contribution is -2.10. The third-order valence-corrected chi connectivity index (χ3v) is 3.89. The molecule has 0 fully saturated rings. The Morgan fingerprint density at radius 1 is 1.12 bits per heavy atom. The van der Waals surface area contributed by atoms with E-state index in [9.17, 15) is 14.9 Å². The Balaban J connectivity index is 2.08. The summed E-state index contributed by atoms with van der Waals surface area (Å²) in [6.07, 6.45) is 3.14. The molecule has 0 aromatic heterocycles. The second kappa shape index (κ2) is 7.30. The maximum absolute atomic E-state index is 12.1. The first-order valence-electron chi connectivity index (χ1n) is 8.01. The highest BCUT2D eigenvalue weighted by molar-refractivity contribution is 6.02. The highest BCUT2D eigenvalue weighted by Crippen LogP contribution is 2.23. The van der Waals surface area contributed by atoms with E-state index in [2.05, 4.69) is 26.1 Å². The number of hydrogen-bond donors (Lipinski definition) is 1. The van der Waals surface area contributed by atoms with Crippen molar-refractivity contribution in [1.29, 1.82) is 0 Å². The topological polar surface area (TPSA) is 72.2 Å². The van der Waals surface area contributed by atoms with Crippen LogP contribution in [0, 0.1) is 17.0 Å². The number of rotatable bonds is 4. The minimum absolute atomic E-state index is 0.0531. The molecule has 0 heterocycles. The number of amides is 1. The summed E-state index contributed by atoms with van der Waals surface area (Å²) in [5.41, 5.74) is 3.37. The predicted molar refractivity (Wildman–Crippen MR) is 101 cm³/mol. The maximum atomic E-state index is 12.1. The molecule has 1 amide bonds. The van der Waals surface area contributed by atoms with E-state index in [4.69, 9.17) is 0 Å². The molecule has 0 spiro atoms. The molecule has 1 N–H and O–H groups in total. The molecule has 0 aliphatic carbocycles. The quantitative estimate of drug-likeness (QED) is 0.492. The second-order valence-corrected chi connectivity index (χ2v) is 6.95. The summed E-state index contributed by atoms with van der Waals surface area (Å²) >= 11 is 0. The zero-order chi connectivity index (χ0) is 18.6. The van der Waals surface area contributed by atoms with Gasteiger partial charge in [-0.2, -0.15) is 0 Å². The highest BCUT2D eigenvalue weighted by atomic mass is 16.6. The van der Waals surface area contributed by atoms with Crippen molar-refractivity contribution in [3.8, 4) is 0 Å². The summed E-state index contributed by atoms with van der Waals surface area (Å²) in [5.74, 6) is -0.330. The molecule has 0 aliphatic rings. The molecule has 5 nitrogen and oxygen atoms in total. The van der Waals surface area contributed by atoms with Gasteiger partial charge in [-0.05, 0) is 35.1 Å². The minimum Gasteiger partial charge on any atom is -0.322 e. The number of carbonyl (C=O) groups is 1. The number of nitrogens with zero attached hydrogens (tertiary/aromatic N) is 1. The Labute approximate surface area is 147 Å². The monoisotopic (exact) mass is 338 g/mol. The molecule has 0 atom stereocenters. The van der Waals surface area contributed by atoms with Crippen LogP contribution >= 0.6 is 0 Å². The van der Waals surface area contributed by atoms with Crippen LogP contribution in [-0.4, -0.2) is 10.8 Å².